The summed E-state index contributed by atoms with van der Waals surface area (Å²) in [6.45, 7) is 4.55. The minimum atomic E-state index is -0.455. The lowest BCUT2D eigenvalue weighted by Crippen LogP contribution is -2.66. The zero-order valence-corrected chi connectivity index (χ0v) is 15.0. The van der Waals surface area contributed by atoms with Crippen LogP contribution in [0.5, 0.6) is 0 Å². The number of piperidine rings is 2. The van der Waals surface area contributed by atoms with Crippen molar-refractivity contribution in [2.24, 2.45) is 0 Å². The van der Waals surface area contributed by atoms with Gasteiger partial charge in [0.15, 0.2) is 0 Å². The van der Waals surface area contributed by atoms with Crippen molar-refractivity contribution < 1.29 is 9.59 Å². The molecule has 8 nitrogen and oxygen atoms in total. The zero-order chi connectivity index (χ0) is 18.0. The van der Waals surface area contributed by atoms with Gasteiger partial charge in [-0.3, -0.25) is 14.6 Å². The van der Waals surface area contributed by atoms with E-state index in [9.17, 15) is 9.59 Å². The van der Waals surface area contributed by atoms with Crippen LogP contribution in [0.4, 0.5) is 5.82 Å². The van der Waals surface area contributed by atoms with E-state index < -0.39 is 5.54 Å². The van der Waals surface area contributed by atoms with Crippen LogP contribution < -0.4 is 15.5 Å². The Balaban J connectivity index is 1.44. The highest BCUT2D eigenvalue weighted by Gasteiger charge is 2.42. The number of hydrogen-bond acceptors (Lipinski definition) is 6. The van der Waals surface area contributed by atoms with Crippen LogP contribution in [0.15, 0.2) is 12.4 Å². The van der Waals surface area contributed by atoms with Gasteiger partial charge in [-0.05, 0) is 32.1 Å². The largest absolute Gasteiger partial charge is 0.355 e. The molecular weight excluding hydrogens is 332 g/mol. The lowest BCUT2D eigenvalue weighted by Gasteiger charge is -2.43. The number of carbonyl (C=O) groups excluding carboxylic acids is 2. The standard InChI is InChI=1S/C18H26N6O2/c25-16(24-8-2-1-3-9-24)14-12-19-13-15(22-14)23-10-4-18(5-11-23)17(26)20-6-7-21-18/h12-13,21H,1-11H2,(H,20,26). The number of amides is 2. The van der Waals surface area contributed by atoms with E-state index in [2.05, 4.69) is 25.5 Å². The summed E-state index contributed by atoms with van der Waals surface area (Å²) in [5.74, 6) is 0.795. The van der Waals surface area contributed by atoms with Crippen molar-refractivity contribution in [2.75, 3.05) is 44.2 Å². The molecule has 8 heteroatoms. The highest BCUT2D eigenvalue weighted by molar-refractivity contribution is 5.92. The van der Waals surface area contributed by atoms with Gasteiger partial charge >= 0.3 is 0 Å². The Kier molecular flexibility index (Phi) is 4.76. The van der Waals surface area contributed by atoms with E-state index in [4.69, 9.17) is 0 Å². The molecule has 0 saturated carbocycles. The molecule has 0 aromatic carbocycles. The summed E-state index contributed by atoms with van der Waals surface area (Å²) in [7, 11) is 0. The number of nitrogens with one attached hydrogen (secondary N) is 2. The number of anilines is 1. The first-order valence-electron chi connectivity index (χ1n) is 9.58. The van der Waals surface area contributed by atoms with Gasteiger partial charge in [0, 0.05) is 39.3 Å². The Morgan fingerprint density at radius 3 is 2.54 bits per heavy atom. The van der Waals surface area contributed by atoms with Gasteiger partial charge in [-0.15, -0.1) is 0 Å². The summed E-state index contributed by atoms with van der Waals surface area (Å²) in [4.78, 5) is 37.7. The molecule has 2 N–H and O–H groups in total. The third-order valence-electron chi connectivity index (χ3n) is 5.73. The van der Waals surface area contributed by atoms with Crippen molar-refractivity contribution in [1.82, 2.24) is 25.5 Å². The monoisotopic (exact) mass is 358 g/mol. The lowest BCUT2D eigenvalue weighted by molar-refractivity contribution is -0.130. The van der Waals surface area contributed by atoms with Gasteiger partial charge < -0.3 is 20.4 Å². The van der Waals surface area contributed by atoms with Gasteiger partial charge in [0.1, 0.15) is 17.1 Å². The maximum absolute atomic E-state index is 12.7. The Morgan fingerprint density at radius 2 is 1.81 bits per heavy atom. The Morgan fingerprint density at radius 1 is 1.04 bits per heavy atom. The van der Waals surface area contributed by atoms with E-state index in [1.54, 1.807) is 12.4 Å². The number of likely N-dealkylation sites (tertiary alicyclic amines) is 1. The Bertz CT molecular complexity index is 680. The molecule has 2 amide bonds. The molecule has 0 unspecified atom stereocenters. The quantitative estimate of drug-likeness (QED) is 0.783. The van der Waals surface area contributed by atoms with E-state index in [0.29, 0.717) is 12.2 Å². The molecule has 0 bridgehead atoms. The SMILES string of the molecule is O=C(c1cncc(N2CCC3(CC2)NCCNC3=O)n1)N1CCCCC1. The minimum absolute atomic E-state index is 0.0270. The molecule has 26 heavy (non-hydrogen) atoms. The van der Waals surface area contributed by atoms with Crippen LogP contribution >= 0.6 is 0 Å². The fourth-order valence-electron chi connectivity index (χ4n) is 4.12. The number of hydrogen-bond donors (Lipinski definition) is 2. The Hall–Kier alpha value is -2.22. The third kappa shape index (κ3) is 3.25. The summed E-state index contributed by atoms with van der Waals surface area (Å²) in [5.41, 5.74) is -0.0399. The average Bonchev–Trinajstić information content (AvgIpc) is 2.71. The first-order valence-corrected chi connectivity index (χ1v) is 9.58. The highest BCUT2D eigenvalue weighted by Crippen LogP contribution is 2.26. The summed E-state index contributed by atoms with van der Waals surface area (Å²) >= 11 is 0. The van der Waals surface area contributed by atoms with Crippen LogP contribution in [0, 0.1) is 0 Å². The van der Waals surface area contributed by atoms with Crippen LogP contribution in [0.2, 0.25) is 0 Å². The molecule has 0 atom stereocenters. The first kappa shape index (κ1) is 17.2. The molecular formula is C18H26N6O2. The molecule has 1 aromatic heterocycles. The number of carbonyl (C=O) groups is 2. The summed E-state index contributed by atoms with van der Waals surface area (Å²) in [6, 6.07) is 0. The maximum Gasteiger partial charge on any atom is 0.274 e. The molecule has 1 spiro atoms. The molecule has 3 aliphatic rings. The van der Waals surface area contributed by atoms with Crippen LogP contribution in [0.1, 0.15) is 42.6 Å². The van der Waals surface area contributed by atoms with E-state index in [0.717, 1.165) is 64.2 Å². The van der Waals surface area contributed by atoms with Gasteiger partial charge in [0.05, 0.1) is 12.4 Å². The fraction of sp³-hybridized carbons (Fsp3) is 0.667. The summed E-state index contributed by atoms with van der Waals surface area (Å²) < 4.78 is 0. The van der Waals surface area contributed by atoms with E-state index >= 15 is 0 Å². The van der Waals surface area contributed by atoms with Crippen molar-refractivity contribution in [1.29, 1.82) is 0 Å². The Labute approximate surface area is 153 Å². The molecule has 1 aromatic rings. The van der Waals surface area contributed by atoms with Crippen LogP contribution in [0.3, 0.4) is 0 Å². The molecule has 3 aliphatic heterocycles. The van der Waals surface area contributed by atoms with E-state index in [1.165, 1.54) is 6.42 Å². The molecule has 4 heterocycles. The normalized spacial score (nSPS) is 23.0. The van der Waals surface area contributed by atoms with Gasteiger partial charge in [-0.2, -0.15) is 0 Å². The molecule has 3 fully saturated rings. The molecule has 4 rings (SSSR count). The second-order valence-corrected chi connectivity index (χ2v) is 7.37. The molecule has 140 valence electrons. The van der Waals surface area contributed by atoms with Crippen molar-refractivity contribution in [3.05, 3.63) is 18.1 Å². The third-order valence-corrected chi connectivity index (χ3v) is 5.73. The highest BCUT2D eigenvalue weighted by atomic mass is 16.2. The molecule has 3 saturated heterocycles. The van der Waals surface area contributed by atoms with Gasteiger partial charge in [0.2, 0.25) is 5.91 Å². The average molecular weight is 358 g/mol. The summed E-state index contributed by atoms with van der Waals surface area (Å²) in [5, 5.41) is 6.35. The fourth-order valence-corrected chi connectivity index (χ4v) is 4.12. The zero-order valence-electron chi connectivity index (χ0n) is 15.0. The number of rotatable bonds is 2. The topological polar surface area (TPSA) is 90.5 Å². The van der Waals surface area contributed by atoms with Crippen molar-refractivity contribution in [3.63, 3.8) is 0 Å². The molecule has 0 radical (unpaired) electrons. The second-order valence-electron chi connectivity index (χ2n) is 7.37. The van der Waals surface area contributed by atoms with Crippen LogP contribution in [0.25, 0.3) is 0 Å². The smallest absolute Gasteiger partial charge is 0.274 e. The van der Waals surface area contributed by atoms with Crippen LogP contribution in [-0.2, 0) is 4.79 Å². The number of piperazine rings is 1. The first-order chi connectivity index (χ1) is 12.7. The second kappa shape index (κ2) is 7.19. The predicted octanol–water partition coefficient (Wildman–Crippen LogP) is 0.161. The molecule has 0 aliphatic carbocycles. The maximum atomic E-state index is 12.7. The van der Waals surface area contributed by atoms with E-state index in [1.807, 2.05) is 4.90 Å². The predicted molar refractivity (Wildman–Crippen MR) is 97.0 cm³/mol. The van der Waals surface area contributed by atoms with Crippen molar-refractivity contribution >= 4 is 17.6 Å². The number of nitrogens with zero attached hydrogens (tertiary/aromatic N) is 4. The number of aromatic nitrogens is 2. The van der Waals surface area contributed by atoms with Crippen molar-refractivity contribution in [2.45, 2.75) is 37.6 Å². The summed E-state index contributed by atoms with van der Waals surface area (Å²) in [6.07, 6.45) is 8.02. The van der Waals surface area contributed by atoms with Crippen molar-refractivity contribution in [3.8, 4) is 0 Å². The van der Waals surface area contributed by atoms with Crippen LogP contribution in [-0.4, -0.2) is 71.5 Å². The lowest BCUT2D eigenvalue weighted by atomic mass is 9.85. The minimum Gasteiger partial charge on any atom is -0.355 e. The van der Waals surface area contributed by atoms with Gasteiger partial charge in [-0.25, -0.2) is 4.98 Å². The van der Waals surface area contributed by atoms with Gasteiger partial charge in [0.25, 0.3) is 5.91 Å². The van der Waals surface area contributed by atoms with E-state index in [-0.39, 0.29) is 11.8 Å². The van der Waals surface area contributed by atoms with Gasteiger partial charge in [-0.1, -0.05) is 0 Å².